The Morgan fingerprint density at radius 1 is 1.20 bits per heavy atom. The van der Waals surface area contributed by atoms with Gasteiger partial charge in [-0.05, 0) is 36.8 Å². The maximum atomic E-state index is 13.7. The van der Waals surface area contributed by atoms with Gasteiger partial charge < -0.3 is 11.1 Å². The minimum absolute atomic E-state index is 0.140. The fraction of sp³-hybridized carbons (Fsp3) is 0.0667. The van der Waals surface area contributed by atoms with Gasteiger partial charge >= 0.3 is 0 Å². The summed E-state index contributed by atoms with van der Waals surface area (Å²) >= 11 is 4.86. The van der Waals surface area contributed by atoms with Crippen LogP contribution in [-0.4, -0.2) is 10.9 Å². The van der Waals surface area contributed by atoms with Gasteiger partial charge in [-0.3, -0.25) is 4.79 Å². The standard InChI is InChI=1S/C15H13FN2OS/c1-9-5-6-13(12(16)7-9)18-15(19)11-4-2-3-10(8-11)14(17)20/h2-8H,1H3,(H2,17,20)(H,18,19). The second kappa shape index (κ2) is 5.79. The highest BCUT2D eigenvalue weighted by Gasteiger charge is 2.10. The average Bonchev–Trinajstić information content (AvgIpc) is 2.42. The summed E-state index contributed by atoms with van der Waals surface area (Å²) in [5, 5.41) is 2.52. The Balaban J connectivity index is 2.24. The third-order valence-electron chi connectivity index (χ3n) is 2.78. The smallest absolute Gasteiger partial charge is 0.255 e. The molecule has 0 heterocycles. The number of aryl methyl sites for hydroxylation is 1. The molecule has 2 aromatic rings. The number of carbonyl (C=O) groups is 1. The molecule has 102 valence electrons. The van der Waals surface area contributed by atoms with Gasteiger partial charge in [0.1, 0.15) is 10.8 Å². The number of benzene rings is 2. The van der Waals surface area contributed by atoms with Crippen molar-refractivity contribution in [3.63, 3.8) is 0 Å². The lowest BCUT2D eigenvalue weighted by Crippen LogP contribution is -2.15. The summed E-state index contributed by atoms with van der Waals surface area (Å²) in [6.07, 6.45) is 0. The first kappa shape index (κ1) is 14.1. The van der Waals surface area contributed by atoms with E-state index in [2.05, 4.69) is 5.32 Å². The Labute approximate surface area is 121 Å². The predicted octanol–water partition coefficient (Wildman–Crippen LogP) is 3.02. The summed E-state index contributed by atoms with van der Waals surface area (Å²) in [5.41, 5.74) is 7.41. The quantitative estimate of drug-likeness (QED) is 0.854. The number of rotatable bonds is 3. The van der Waals surface area contributed by atoms with Crippen LogP contribution in [0.15, 0.2) is 42.5 Å². The number of thiocarbonyl (C=S) groups is 1. The zero-order valence-electron chi connectivity index (χ0n) is 10.8. The van der Waals surface area contributed by atoms with Crippen molar-refractivity contribution in [2.45, 2.75) is 6.92 Å². The van der Waals surface area contributed by atoms with Crippen molar-refractivity contribution in [3.8, 4) is 0 Å². The predicted molar refractivity (Wildman–Crippen MR) is 81.4 cm³/mol. The van der Waals surface area contributed by atoms with Crippen LogP contribution in [0.4, 0.5) is 10.1 Å². The van der Waals surface area contributed by atoms with E-state index in [4.69, 9.17) is 18.0 Å². The third-order valence-corrected chi connectivity index (χ3v) is 3.02. The lowest BCUT2D eigenvalue weighted by Gasteiger charge is -2.08. The molecule has 0 aliphatic carbocycles. The van der Waals surface area contributed by atoms with Crippen molar-refractivity contribution in [2.24, 2.45) is 5.73 Å². The van der Waals surface area contributed by atoms with Crippen LogP contribution in [0, 0.1) is 12.7 Å². The fourth-order valence-electron chi connectivity index (χ4n) is 1.73. The van der Waals surface area contributed by atoms with E-state index >= 15 is 0 Å². The van der Waals surface area contributed by atoms with E-state index in [1.54, 1.807) is 37.3 Å². The van der Waals surface area contributed by atoms with Crippen molar-refractivity contribution < 1.29 is 9.18 Å². The highest BCUT2D eigenvalue weighted by Crippen LogP contribution is 2.16. The van der Waals surface area contributed by atoms with Gasteiger partial charge in [-0.1, -0.05) is 30.4 Å². The van der Waals surface area contributed by atoms with Gasteiger partial charge in [0.2, 0.25) is 0 Å². The molecule has 0 aliphatic heterocycles. The Morgan fingerprint density at radius 3 is 2.55 bits per heavy atom. The molecule has 0 bridgehead atoms. The highest BCUT2D eigenvalue weighted by atomic mass is 32.1. The van der Waals surface area contributed by atoms with Gasteiger partial charge in [0, 0.05) is 11.1 Å². The second-order valence-corrected chi connectivity index (χ2v) is 4.82. The maximum absolute atomic E-state index is 13.7. The van der Waals surface area contributed by atoms with E-state index in [9.17, 15) is 9.18 Å². The number of nitrogens with two attached hydrogens (primary N) is 1. The molecule has 0 atom stereocenters. The van der Waals surface area contributed by atoms with Crippen molar-refractivity contribution in [1.29, 1.82) is 0 Å². The lowest BCUT2D eigenvalue weighted by atomic mass is 10.1. The molecule has 20 heavy (non-hydrogen) atoms. The van der Waals surface area contributed by atoms with Crippen molar-refractivity contribution in [2.75, 3.05) is 5.32 Å². The van der Waals surface area contributed by atoms with Gasteiger partial charge in [0.15, 0.2) is 0 Å². The zero-order chi connectivity index (χ0) is 14.7. The highest BCUT2D eigenvalue weighted by molar-refractivity contribution is 7.80. The molecule has 2 aromatic carbocycles. The monoisotopic (exact) mass is 288 g/mol. The van der Waals surface area contributed by atoms with Gasteiger partial charge in [-0.25, -0.2) is 4.39 Å². The summed E-state index contributed by atoms with van der Waals surface area (Å²) in [7, 11) is 0. The number of halogens is 1. The summed E-state index contributed by atoms with van der Waals surface area (Å²) in [6, 6.07) is 11.2. The van der Waals surface area contributed by atoms with Crippen LogP contribution in [0.2, 0.25) is 0 Å². The van der Waals surface area contributed by atoms with Crippen LogP contribution < -0.4 is 11.1 Å². The average molecular weight is 288 g/mol. The first-order valence-electron chi connectivity index (χ1n) is 5.95. The molecule has 0 spiro atoms. The minimum atomic E-state index is -0.469. The molecule has 0 aromatic heterocycles. The summed E-state index contributed by atoms with van der Waals surface area (Å²) < 4.78 is 13.7. The van der Waals surface area contributed by atoms with Crippen LogP contribution in [0.25, 0.3) is 0 Å². The molecule has 3 N–H and O–H groups in total. The topological polar surface area (TPSA) is 55.1 Å². The Kier molecular flexibility index (Phi) is 4.10. The number of hydrogen-bond acceptors (Lipinski definition) is 2. The Morgan fingerprint density at radius 2 is 1.90 bits per heavy atom. The Bertz CT molecular complexity index is 685. The second-order valence-electron chi connectivity index (χ2n) is 4.38. The molecular formula is C15H13FN2OS. The normalized spacial score (nSPS) is 10.1. The van der Waals surface area contributed by atoms with E-state index in [1.807, 2.05) is 0 Å². The summed E-state index contributed by atoms with van der Waals surface area (Å²) in [6.45, 7) is 1.78. The first-order valence-corrected chi connectivity index (χ1v) is 6.35. The molecular weight excluding hydrogens is 275 g/mol. The van der Waals surface area contributed by atoms with Crippen LogP contribution in [0.1, 0.15) is 21.5 Å². The van der Waals surface area contributed by atoms with Gasteiger partial charge in [0.25, 0.3) is 5.91 Å². The number of hydrogen-bond donors (Lipinski definition) is 2. The van der Waals surface area contributed by atoms with E-state index in [0.717, 1.165) is 5.56 Å². The number of amides is 1. The van der Waals surface area contributed by atoms with Crippen LogP contribution >= 0.6 is 12.2 Å². The van der Waals surface area contributed by atoms with Crippen molar-refractivity contribution >= 4 is 28.8 Å². The maximum Gasteiger partial charge on any atom is 0.255 e. The first-order chi connectivity index (χ1) is 9.47. The van der Waals surface area contributed by atoms with Crippen LogP contribution in [0.3, 0.4) is 0 Å². The largest absolute Gasteiger partial charge is 0.389 e. The van der Waals surface area contributed by atoms with E-state index in [1.165, 1.54) is 12.1 Å². The van der Waals surface area contributed by atoms with Gasteiger partial charge in [0.05, 0.1) is 5.69 Å². The van der Waals surface area contributed by atoms with E-state index in [0.29, 0.717) is 11.1 Å². The summed E-state index contributed by atoms with van der Waals surface area (Å²) in [4.78, 5) is 12.3. The van der Waals surface area contributed by atoms with Gasteiger partial charge in [-0.2, -0.15) is 0 Å². The third kappa shape index (κ3) is 3.19. The molecule has 0 saturated heterocycles. The van der Waals surface area contributed by atoms with Crippen molar-refractivity contribution in [1.82, 2.24) is 0 Å². The molecule has 5 heteroatoms. The molecule has 0 radical (unpaired) electrons. The minimum Gasteiger partial charge on any atom is -0.389 e. The molecule has 0 unspecified atom stereocenters. The molecule has 2 rings (SSSR count). The lowest BCUT2D eigenvalue weighted by molar-refractivity contribution is 0.102. The molecule has 0 fully saturated rings. The van der Waals surface area contributed by atoms with Gasteiger partial charge in [-0.15, -0.1) is 0 Å². The zero-order valence-corrected chi connectivity index (χ0v) is 11.6. The van der Waals surface area contributed by atoms with E-state index in [-0.39, 0.29) is 10.7 Å². The summed E-state index contributed by atoms with van der Waals surface area (Å²) in [5.74, 6) is -0.880. The molecule has 3 nitrogen and oxygen atoms in total. The van der Waals surface area contributed by atoms with E-state index < -0.39 is 11.7 Å². The SMILES string of the molecule is Cc1ccc(NC(=O)c2cccc(C(N)=S)c2)c(F)c1. The molecule has 0 aliphatic rings. The Hall–Kier alpha value is -2.27. The molecule has 0 saturated carbocycles. The van der Waals surface area contributed by atoms with Crippen molar-refractivity contribution in [3.05, 3.63) is 65.0 Å². The number of anilines is 1. The molecule has 1 amide bonds. The fourth-order valence-corrected chi connectivity index (χ4v) is 1.86. The van der Waals surface area contributed by atoms with Crippen LogP contribution in [0.5, 0.6) is 0 Å². The number of carbonyl (C=O) groups excluding carboxylic acids is 1. The number of nitrogens with one attached hydrogen (secondary N) is 1. The van der Waals surface area contributed by atoms with Crippen LogP contribution in [-0.2, 0) is 0 Å².